The van der Waals surface area contributed by atoms with Crippen molar-refractivity contribution in [3.05, 3.63) is 24.3 Å². The summed E-state index contributed by atoms with van der Waals surface area (Å²) in [7, 11) is 1.68. The Labute approximate surface area is 96.0 Å². The topological polar surface area (TPSA) is 55.6 Å². The number of hydrogen-bond donors (Lipinski definition) is 1. The standard InChI is InChI=1S/C12H18N2O2/c1-3-4-9-16-12(15)14(2)11-7-5-10(13)6-8-11/h5-8H,3-4,9,13H2,1-2H3. The van der Waals surface area contributed by atoms with Gasteiger partial charge in [-0.1, -0.05) is 13.3 Å². The largest absolute Gasteiger partial charge is 0.449 e. The Kier molecular flexibility index (Phi) is 4.64. The zero-order valence-corrected chi connectivity index (χ0v) is 9.77. The van der Waals surface area contributed by atoms with Crippen molar-refractivity contribution in [2.75, 3.05) is 24.3 Å². The first-order valence-corrected chi connectivity index (χ1v) is 5.41. The summed E-state index contributed by atoms with van der Waals surface area (Å²) < 4.78 is 5.08. The van der Waals surface area contributed by atoms with Gasteiger partial charge in [0.2, 0.25) is 0 Å². The van der Waals surface area contributed by atoms with Crippen LogP contribution in [0.2, 0.25) is 0 Å². The Bertz CT molecular complexity index is 335. The van der Waals surface area contributed by atoms with Crippen LogP contribution in [0.5, 0.6) is 0 Å². The van der Waals surface area contributed by atoms with Crippen LogP contribution in [-0.4, -0.2) is 19.7 Å². The Morgan fingerprint density at radius 2 is 2.00 bits per heavy atom. The molecule has 0 unspecified atom stereocenters. The number of hydrogen-bond acceptors (Lipinski definition) is 3. The molecule has 1 amide bonds. The molecular formula is C12H18N2O2. The number of ether oxygens (including phenoxy) is 1. The molecule has 0 radical (unpaired) electrons. The van der Waals surface area contributed by atoms with Crippen LogP contribution >= 0.6 is 0 Å². The normalized spacial score (nSPS) is 9.88. The van der Waals surface area contributed by atoms with Gasteiger partial charge in [-0.15, -0.1) is 0 Å². The van der Waals surface area contributed by atoms with E-state index in [0.717, 1.165) is 18.5 Å². The van der Waals surface area contributed by atoms with Gasteiger partial charge in [0.25, 0.3) is 0 Å². The number of amides is 1. The number of rotatable bonds is 4. The molecule has 0 aromatic heterocycles. The molecule has 2 N–H and O–H groups in total. The summed E-state index contributed by atoms with van der Waals surface area (Å²) in [4.78, 5) is 13.0. The maximum absolute atomic E-state index is 11.6. The molecule has 0 bridgehead atoms. The summed E-state index contributed by atoms with van der Waals surface area (Å²) in [5, 5.41) is 0. The highest BCUT2D eigenvalue weighted by atomic mass is 16.6. The second-order valence-corrected chi connectivity index (χ2v) is 3.62. The summed E-state index contributed by atoms with van der Waals surface area (Å²) in [5.41, 5.74) is 7.02. The van der Waals surface area contributed by atoms with E-state index in [1.54, 1.807) is 31.3 Å². The quantitative estimate of drug-likeness (QED) is 0.629. The predicted molar refractivity (Wildman–Crippen MR) is 65.5 cm³/mol. The van der Waals surface area contributed by atoms with Gasteiger partial charge in [-0.2, -0.15) is 0 Å². The maximum Gasteiger partial charge on any atom is 0.414 e. The average Bonchev–Trinajstić information content (AvgIpc) is 2.29. The third-order valence-corrected chi connectivity index (χ3v) is 2.28. The lowest BCUT2D eigenvalue weighted by Crippen LogP contribution is -2.27. The van der Waals surface area contributed by atoms with Gasteiger partial charge in [-0.25, -0.2) is 4.79 Å². The molecule has 0 saturated heterocycles. The molecule has 0 heterocycles. The minimum absolute atomic E-state index is 0.335. The van der Waals surface area contributed by atoms with Crippen LogP contribution in [0, 0.1) is 0 Å². The predicted octanol–water partition coefficient (Wildman–Crippen LogP) is 2.64. The Morgan fingerprint density at radius 3 is 2.56 bits per heavy atom. The smallest absolute Gasteiger partial charge is 0.414 e. The van der Waals surface area contributed by atoms with Crippen molar-refractivity contribution in [2.45, 2.75) is 19.8 Å². The van der Waals surface area contributed by atoms with Crippen LogP contribution in [-0.2, 0) is 4.74 Å². The van der Waals surface area contributed by atoms with E-state index < -0.39 is 0 Å². The van der Waals surface area contributed by atoms with Crippen LogP contribution in [0.4, 0.5) is 16.2 Å². The molecule has 1 aromatic carbocycles. The van der Waals surface area contributed by atoms with E-state index in [4.69, 9.17) is 10.5 Å². The van der Waals surface area contributed by atoms with Crippen LogP contribution < -0.4 is 10.6 Å². The van der Waals surface area contributed by atoms with Crippen LogP contribution in [0.1, 0.15) is 19.8 Å². The van der Waals surface area contributed by atoms with Crippen molar-refractivity contribution in [3.63, 3.8) is 0 Å². The number of nitrogens with zero attached hydrogens (tertiary/aromatic N) is 1. The number of carbonyl (C=O) groups is 1. The molecule has 0 fully saturated rings. The lowest BCUT2D eigenvalue weighted by molar-refractivity contribution is 0.153. The second kappa shape index (κ2) is 6.00. The van der Waals surface area contributed by atoms with E-state index in [-0.39, 0.29) is 6.09 Å². The number of unbranched alkanes of at least 4 members (excludes halogenated alkanes) is 1. The number of anilines is 2. The molecule has 0 saturated carbocycles. The Morgan fingerprint density at radius 1 is 1.38 bits per heavy atom. The fourth-order valence-electron chi connectivity index (χ4n) is 1.20. The summed E-state index contributed by atoms with van der Waals surface area (Å²) in [5.74, 6) is 0. The van der Waals surface area contributed by atoms with E-state index in [2.05, 4.69) is 6.92 Å². The third-order valence-electron chi connectivity index (χ3n) is 2.28. The summed E-state index contributed by atoms with van der Waals surface area (Å²) in [6, 6.07) is 7.09. The zero-order chi connectivity index (χ0) is 12.0. The number of nitrogens with two attached hydrogens (primary N) is 1. The molecule has 88 valence electrons. The zero-order valence-electron chi connectivity index (χ0n) is 9.77. The van der Waals surface area contributed by atoms with Crippen LogP contribution in [0.15, 0.2) is 24.3 Å². The van der Waals surface area contributed by atoms with Gasteiger partial charge in [-0.3, -0.25) is 4.90 Å². The van der Waals surface area contributed by atoms with Gasteiger partial charge in [0.05, 0.1) is 6.61 Å². The molecule has 1 rings (SSSR count). The summed E-state index contributed by atoms with van der Waals surface area (Å²) >= 11 is 0. The maximum atomic E-state index is 11.6. The SMILES string of the molecule is CCCCOC(=O)N(C)c1ccc(N)cc1. The highest BCUT2D eigenvalue weighted by Gasteiger charge is 2.11. The van der Waals surface area contributed by atoms with E-state index in [0.29, 0.717) is 12.3 Å². The second-order valence-electron chi connectivity index (χ2n) is 3.62. The van der Waals surface area contributed by atoms with Gasteiger partial charge in [0, 0.05) is 18.4 Å². The third kappa shape index (κ3) is 3.46. The molecule has 0 aliphatic heterocycles. The van der Waals surface area contributed by atoms with Crippen molar-refractivity contribution in [1.29, 1.82) is 0 Å². The first-order valence-electron chi connectivity index (χ1n) is 5.41. The van der Waals surface area contributed by atoms with E-state index >= 15 is 0 Å². The Hall–Kier alpha value is -1.71. The van der Waals surface area contributed by atoms with Crippen molar-refractivity contribution < 1.29 is 9.53 Å². The monoisotopic (exact) mass is 222 g/mol. The van der Waals surface area contributed by atoms with Crippen LogP contribution in [0.3, 0.4) is 0 Å². The minimum Gasteiger partial charge on any atom is -0.449 e. The fourth-order valence-corrected chi connectivity index (χ4v) is 1.20. The van der Waals surface area contributed by atoms with Crippen molar-refractivity contribution in [3.8, 4) is 0 Å². The van der Waals surface area contributed by atoms with Gasteiger partial charge >= 0.3 is 6.09 Å². The summed E-state index contributed by atoms with van der Waals surface area (Å²) in [6.07, 6.45) is 1.57. The van der Waals surface area contributed by atoms with Crippen molar-refractivity contribution in [1.82, 2.24) is 0 Å². The molecule has 0 aliphatic rings. The number of benzene rings is 1. The Balaban J connectivity index is 2.53. The highest BCUT2D eigenvalue weighted by Crippen LogP contribution is 2.15. The number of nitrogen functional groups attached to an aromatic ring is 1. The van der Waals surface area contributed by atoms with E-state index in [9.17, 15) is 4.79 Å². The minimum atomic E-state index is -0.335. The highest BCUT2D eigenvalue weighted by molar-refractivity contribution is 5.87. The van der Waals surface area contributed by atoms with Crippen molar-refractivity contribution in [2.24, 2.45) is 0 Å². The molecule has 0 spiro atoms. The molecular weight excluding hydrogens is 204 g/mol. The van der Waals surface area contributed by atoms with E-state index in [1.807, 2.05) is 0 Å². The first kappa shape index (κ1) is 12.4. The van der Waals surface area contributed by atoms with Gasteiger partial charge in [-0.05, 0) is 30.7 Å². The molecule has 0 atom stereocenters. The molecule has 4 nitrogen and oxygen atoms in total. The average molecular weight is 222 g/mol. The summed E-state index contributed by atoms with van der Waals surface area (Å²) in [6.45, 7) is 2.52. The lowest BCUT2D eigenvalue weighted by atomic mass is 10.3. The molecule has 4 heteroatoms. The number of carbonyl (C=O) groups excluding carboxylic acids is 1. The van der Waals surface area contributed by atoms with Crippen LogP contribution in [0.25, 0.3) is 0 Å². The lowest BCUT2D eigenvalue weighted by Gasteiger charge is -2.17. The van der Waals surface area contributed by atoms with Gasteiger partial charge < -0.3 is 10.5 Å². The fraction of sp³-hybridized carbons (Fsp3) is 0.417. The van der Waals surface area contributed by atoms with Gasteiger partial charge in [0.15, 0.2) is 0 Å². The first-order chi connectivity index (χ1) is 7.65. The molecule has 0 aliphatic carbocycles. The molecule has 1 aromatic rings. The van der Waals surface area contributed by atoms with Crippen molar-refractivity contribution >= 4 is 17.5 Å². The molecule has 16 heavy (non-hydrogen) atoms. The van der Waals surface area contributed by atoms with E-state index in [1.165, 1.54) is 4.90 Å². The van der Waals surface area contributed by atoms with Gasteiger partial charge in [0.1, 0.15) is 0 Å².